The SMILES string of the molecule is CN(C)CCNCc1cn(Cc2ccc(Cl)cc2)c2ccccc12. The lowest BCUT2D eigenvalue weighted by molar-refractivity contribution is 0.400. The topological polar surface area (TPSA) is 20.2 Å². The molecule has 1 N–H and O–H groups in total. The molecule has 0 spiro atoms. The van der Waals surface area contributed by atoms with Crippen molar-refractivity contribution in [2.24, 2.45) is 0 Å². The number of hydrogen-bond donors (Lipinski definition) is 1. The monoisotopic (exact) mass is 341 g/mol. The molecule has 1 heterocycles. The van der Waals surface area contributed by atoms with Crippen LogP contribution in [0, 0.1) is 0 Å². The van der Waals surface area contributed by atoms with E-state index in [9.17, 15) is 0 Å². The zero-order valence-corrected chi connectivity index (χ0v) is 15.1. The molecule has 4 heteroatoms. The lowest BCUT2D eigenvalue weighted by Crippen LogP contribution is -2.26. The van der Waals surface area contributed by atoms with Crippen LogP contribution in [0.4, 0.5) is 0 Å². The normalized spacial score (nSPS) is 11.5. The van der Waals surface area contributed by atoms with Crippen LogP contribution in [0.5, 0.6) is 0 Å². The molecule has 0 aliphatic rings. The van der Waals surface area contributed by atoms with Gasteiger partial charge in [-0.2, -0.15) is 0 Å². The van der Waals surface area contributed by atoms with E-state index >= 15 is 0 Å². The highest BCUT2D eigenvalue weighted by atomic mass is 35.5. The molecular weight excluding hydrogens is 318 g/mol. The molecular formula is C20H24ClN3. The second-order valence-electron chi connectivity index (χ2n) is 6.41. The van der Waals surface area contributed by atoms with Crippen LogP contribution in [0.3, 0.4) is 0 Å². The van der Waals surface area contributed by atoms with Gasteiger partial charge in [-0.15, -0.1) is 0 Å². The Labute approximate surface area is 148 Å². The van der Waals surface area contributed by atoms with Crippen molar-refractivity contribution in [1.82, 2.24) is 14.8 Å². The van der Waals surface area contributed by atoms with Crippen LogP contribution >= 0.6 is 11.6 Å². The zero-order valence-electron chi connectivity index (χ0n) is 14.3. The number of nitrogens with zero attached hydrogens (tertiary/aromatic N) is 2. The Kier molecular flexibility index (Phi) is 5.56. The number of halogens is 1. The van der Waals surface area contributed by atoms with Gasteiger partial charge in [-0.1, -0.05) is 41.9 Å². The summed E-state index contributed by atoms with van der Waals surface area (Å²) in [5, 5.41) is 5.64. The summed E-state index contributed by atoms with van der Waals surface area (Å²) in [4.78, 5) is 2.19. The van der Waals surface area contributed by atoms with E-state index in [2.05, 4.69) is 71.5 Å². The molecule has 1 aromatic heterocycles. The fourth-order valence-electron chi connectivity index (χ4n) is 2.91. The Morgan fingerprint density at radius 3 is 2.54 bits per heavy atom. The first-order valence-electron chi connectivity index (χ1n) is 8.30. The molecule has 0 radical (unpaired) electrons. The number of hydrogen-bond acceptors (Lipinski definition) is 2. The summed E-state index contributed by atoms with van der Waals surface area (Å²) in [6, 6.07) is 16.7. The van der Waals surface area contributed by atoms with E-state index in [-0.39, 0.29) is 0 Å². The van der Waals surface area contributed by atoms with Crippen molar-refractivity contribution >= 4 is 22.5 Å². The Hall–Kier alpha value is -1.81. The third-order valence-corrected chi connectivity index (χ3v) is 4.44. The van der Waals surface area contributed by atoms with E-state index in [4.69, 9.17) is 11.6 Å². The largest absolute Gasteiger partial charge is 0.343 e. The predicted molar refractivity (Wildman–Crippen MR) is 103 cm³/mol. The minimum atomic E-state index is 0.780. The average molecular weight is 342 g/mol. The maximum Gasteiger partial charge on any atom is 0.0486 e. The molecule has 0 amide bonds. The van der Waals surface area contributed by atoms with Gasteiger partial charge < -0.3 is 14.8 Å². The molecule has 2 aromatic carbocycles. The van der Waals surface area contributed by atoms with Crippen molar-refractivity contribution in [2.75, 3.05) is 27.2 Å². The van der Waals surface area contributed by atoms with Crippen LogP contribution in [0.15, 0.2) is 54.7 Å². The Bertz CT molecular complexity index is 790. The lowest BCUT2D eigenvalue weighted by Gasteiger charge is -2.09. The summed E-state index contributed by atoms with van der Waals surface area (Å²) in [7, 11) is 4.19. The highest BCUT2D eigenvalue weighted by Gasteiger charge is 2.08. The van der Waals surface area contributed by atoms with Gasteiger partial charge in [0.05, 0.1) is 0 Å². The first kappa shape index (κ1) is 17.0. The summed E-state index contributed by atoms with van der Waals surface area (Å²) in [6.45, 7) is 3.78. The van der Waals surface area contributed by atoms with Crippen LogP contribution in [-0.2, 0) is 13.1 Å². The Balaban J connectivity index is 1.79. The van der Waals surface area contributed by atoms with Gasteiger partial charge in [0.25, 0.3) is 0 Å². The van der Waals surface area contributed by atoms with Gasteiger partial charge in [0, 0.05) is 48.3 Å². The summed E-state index contributed by atoms with van der Waals surface area (Å²) in [5.74, 6) is 0. The van der Waals surface area contributed by atoms with E-state index in [0.29, 0.717) is 0 Å². The van der Waals surface area contributed by atoms with Crippen molar-refractivity contribution in [1.29, 1.82) is 0 Å². The molecule has 0 saturated heterocycles. The van der Waals surface area contributed by atoms with E-state index < -0.39 is 0 Å². The fraction of sp³-hybridized carbons (Fsp3) is 0.300. The molecule has 3 aromatic rings. The Morgan fingerprint density at radius 2 is 1.79 bits per heavy atom. The third-order valence-electron chi connectivity index (χ3n) is 4.19. The summed E-state index contributed by atoms with van der Waals surface area (Å²) < 4.78 is 2.32. The number of nitrogens with one attached hydrogen (secondary N) is 1. The maximum absolute atomic E-state index is 5.99. The molecule has 0 saturated carbocycles. The second kappa shape index (κ2) is 7.84. The molecule has 0 aliphatic carbocycles. The summed E-state index contributed by atoms with van der Waals surface area (Å²) >= 11 is 5.99. The molecule has 0 aliphatic heterocycles. The van der Waals surface area contributed by atoms with Crippen LogP contribution in [0.25, 0.3) is 10.9 Å². The number of benzene rings is 2. The minimum Gasteiger partial charge on any atom is -0.343 e. The molecule has 0 fully saturated rings. The predicted octanol–water partition coefficient (Wildman–Crippen LogP) is 3.99. The van der Waals surface area contributed by atoms with Crippen LogP contribution in [-0.4, -0.2) is 36.7 Å². The number of aromatic nitrogens is 1. The lowest BCUT2D eigenvalue weighted by atomic mass is 10.2. The fourth-order valence-corrected chi connectivity index (χ4v) is 3.03. The van der Waals surface area contributed by atoms with Crippen molar-refractivity contribution in [3.8, 4) is 0 Å². The first-order valence-corrected chi connectivity index (χ1v) is 8.68. The first-order chi connectivity index (χ1) is 11.6. The molecule has 0 unspecified atom stereocenters. The van der Waals surface area contributed by atoms with E-state index in [1.54, 1.807) is 0 Å². The average Bonchev–Trinajstić information content (AvgIpc) is 2.92. The van der Waals surface area contributed by atoms with Crippen LogP contribution < -0.4 is 5.32 Å². The van der Waals surface area contributed by atoms with Crippen molar-refractivity contribution < 1.29 is 0 Å². The van der Waals surface area contributed by atoms with E-state index in [0.717, 1.165) is 31.2 Å². The maximum atomic E-state index is 5.99. The van der Waals surface area contributed by atoms with Gasteiger partial charge in [0.1, 0.15) is 0 Å². The molecule has 3 rings (SSSR count). The molecule has 0 atom stereocenters. The summed E-state index contributed by atoms with van der Waals surface area (Å²) in [5.41, 5.74) is 3.88. The van der Waals surface area contributed by atoms with Gasteiger partial charge in [-0.25, -0.2) is 0 Å². The quantitative estimate of drug-likeness (QED) is 0.656. The molecule has 0 bridgehead atoms. The molecule has 3 nitrogen and oxygen atoms in total. The molecule has 24 heavy (non-hydrogen) atoms. The van der Waals surface area contributed by atoms with Gasteiger partial charge >= 0.3 is 0 Å². The van der Waals surface area contributed by atoms with Gasteiger partial charge in [-0.05, 0) is 43.4 Å². The van der Waals surface area contributed by atoms with Crippen molar-refractivity contribution in [3.63, 3.8) is 0 Å². The number of likely N-dealkylation sites (N-methyl/N-ethyl adjacent to an activating group) is 1. The highest BCUT2D eigenvalue weighted by Crippen LogP contribution is 2.22. The Morgan fingerprint density at radius 1 is 1.04 bits per heavy atom. The summed E-state index contributed by atoms with van der Waals surface area (Å²) in [6.07, 6.45) is 2.27. The highest BCUT2D eigenvalue weighted by molar-refractivity contribution is 6.30. The van der Waals surface area contributed by atoms with Crippen molar-refractivity contribution in [3.05, 3.63) is 70.9 Å². The van der Waals surface area contributed by atoms with E-state index in [1.165, 1.54) is 22.0 Å². The number of rotatable bonds is 7. The second-order valence-corrected chi connectivity index (χ2v) is 6.84. The minimum absolute atomic E-state index is 0.780. The number of fused-ring (bicyclic) bond motifs is 1. The molecule has 126 valence electrons. The smallest absolute Gasteiger partial charge is 0.0486 e. The third kappa shape index (κ3) is 4.18. The van der Waals surface area contributed by atoms with Crippen molar-refractivity contribution in [2.45, 2.75) is 13.1 Å². The number of para-hydroxylation sites is 1. The van der Waals surface area contributed by atoms with E-state index in [1.807, 2.05) is 12.1 Å². The van der Waals surface area contributed by atoms with Crippen LogP contribution in [0.1, 0.15) is 11.1 Å². The van der Waals surface area contributed by atoms with Crippen LogP contribution in [0.2, 0.25) is 5.02 Å². The van der Waals surface area contributed by atoms with Gasteiger partial charge in [0.2, 0.25) is 0 Å². The zero-order chi connectivity index (χ0) is 16.9. The van der Waals surface area contributed by atoms with Gasteiger partial charge in [-0.3, -0.25) is 0 Å². The standard InChI is InChI=1S/C20H24ClN3/c1-23(2)12-11-22-13-17-15-24(20-6-4-3-5-19(17)20)14-16-7-9-18(21)10-8-16/h3-10,15,22H,11-14H2,1-2H3. The van der Waals surface area contributed by atoms with Gasteiger partial charge in [0.15, 0.2) is 0 Å².